The molecule has 0 unspecified atom stereocenters. The zero-order valence-corrected chi connectivity index (χ0v) is 7.01. The van der Waals surface area contributed by atoms with Crippen LogP contribution in [-0.2, 0) is 0 Å². The summed E-state index contributed by atoms with van der Waals surface area (Å²) in [6.45, 7) is 0. The van der Waals surface area contributed by atoms with Crippen LogP contribution in [0.3, 0.4) is 0 Å². The molecule has 2 heterocycles. The van der Waals surface area contributed by atoms with Crippen molar-refractivity contribution in [3.63, 3.8) is 0 Å². The van der Waals surface area contributed by atoms with E-state index in [4.69, 9.17) is 0 Å². The minimum absolute atomic E-state index is 0.833. The summed E-state index contributed by atoms with van der Waals surface area (Å²) in [5.41, 5.74) is 0.944. The number of benzene rings is 1. The van der Waals surface area contributed by atoms with Crippen molar-refractivity contribution in [3.8, 4) is 0 Å². The highest BCUT2D eigenvalue weighted by atomic mass is 32.2. The van der Waals surface area contributed by atoms with Gasteiger partial charge < -0.3 is 0 Å². The number of hydrogen-bond donors (Lipinski definition) is 0. The second kappa shape index (κ2) is 2.17. The monoisotopic (exact) mass is 175 g/mol. The molecule has 4 heteroatoms. The molecule has 2 aliphatic heterocycles. The topological polar surface area (TPSA) is 37.1 Å². The third kappa shape index (κ3) is 0.701. The van der Waals surface area contributed by atoms with E-state index >= 15 is 0 Å². The lowest BCUT2D eigenvalue weighted by atomic mass is 10.2. The maximum atomic E-state index is 4.38. The van der Waals surface area contributed by atoms with Crippen LogP contribution in [0.2, 0.25) is 0 Å². The van der Waals surface area contributed by atoms with Gasteiger partial charge in [-0.1, -0.05) is 0 Å². The molecule has 1 aromatic rings. The maximum Gasteiger partial charge on any atom is 0.0967 e. The van der Waals surface area contributed by atoms with Crippen LogP contribution >= 0.6 is 11.8 Å². The fourth-order valence-corrected chi connectivity index (χ4v) is 2.19. The Hall–Kier alpha value is -1.16. The highest BCUT2D eigenvalue weighted by Gasteiger charge is 2.10. The third-order valence-electron chi connectivity index (χ3n) is 1.95. The molecule has 0 fully saturated rings. The van der Waals surface area contributed by atoms with Crippen molar-refractivity contribution in [1.82, 2.24) is 0 Å². The van der Waals surface area contributed by atoms with Crippen LogP contribution in [0.15, 0.2) is 32.2 Å². The first-order valence-corrected chi connectivity index (χ1v) is 4.65. The van der Waals surface area contributed by atoms with E-state index in [9.17, 15) is 0 Å². The summed E-state index contributed by atoms with van der Waals surface area (Å²) in [5, 5.41) is 9.99. The molecule has 0 bridgehead atoms. The second-order valence-corrected chi connectivity index (χ2v) is 3.61. The SMILES string of the molecule is C1=c2c(ccc3c2=NCS3)N=N1. The minimum Gasteiger partial charge on any atom is -0.272 e. The van der Waals surface area contributed by atoms with E-state index in [1.54, 1.807) is 18.0 Å². The zero-order chi connectivity index (χ0) is 7.97. The Morgan fingerprint density at radius 2 is 2.33 bits per heavy atom. The van der Waals surface area contributed by atoms with E-state index in [-0.39, 0.29) is 0 Å². The predicted molar refractivity (Wildman–Crippen MR) is 46.9 cm³/mol. The Bertz CT molecular complexity index is 490. The Kier molecular flexibility index (Phi) is 1.15. The molecule has 58 valence electrons. The molecule has 12 heavy (non-hydrogen) atoms. The third-order valence-corrected chi connectivity index (χ3v) is 2.85. The Balaban J connectivity index is 2.54. The molecule has 3 rings (SSSR count). The van der Waals surface area contributed by atoms with Gasteiger partial charge in [0.1, 0.15) is 0 Å². The lowest BCUT2D eigenvalue weighted by molar-refractivity contribution is 1.18. The van der Waals surface area contributed by atoms with Gasteiger partial charge in [0.15, 0.2) is 0 Å². The Morgan fingerprint density at radius 3 is 3.33 bits per heavy atom. The molecule has 0 amide bonds. The molecule has 0 saturated carbocycles. The normalized spacial score (nSPS) is 16.7. The zero-order valence-electron chi connectivity index (χ0n) is 6.19. The van der Waals surface area contributed by atoms with E-state index in [1.807, 2.05) is 6.07 Å². The van der Waals surface area contributed by atoms with Gasteiger partial charge in [0.25, 0.3) is 0 Å². The van der Waals surface area contributed by atoms with Gasteiger partial charge in [0, 0.05) is 10.1 Å². The Morgan fingerprint density at radius 1 is 1.33 bits per heavy atom. The number of hydrogen-bond acceptors (Lipinski definition) is 4. The van der Waals surface area contributed by atoms with Crippen molar-refractivity contribution < 1.29 is 0 Å². The van der Waals surface area contributed by atoms with Gasteiger partial charge in [-0.2, -0.15) is 10.2 Å². The second-order valence-electron chi connectivity index (χ2n) is 2.62. The van der Waals surface area contributed by atoms with Gasteiger partial charge in [0.05, 0.1) is 23.1 Å². The van der Waals surface area contributed by atoms with Crippen LogP contribution in [-0.4, -0.2) is 5.88 Å². The standard InChI is InChI=1S/C8H5N3S/c1-2-7-8(9-4-12-7)5-3-10-11-6(1)5/h1-3H,4H2. The van der Waals surface area contributed by atoms with E-state index in [0.29, 0.717) is 0 Å². The highest BCUT2D eigenvalue weighted by Crippen LogP contribution is 2.20. The molecule has 1 aromatic carbocycles. The summed E-state index contributed by atoms with van der Waals surface area (Å²) in [7, 11) is 0. The molecule has 0 aliphatic carbocycles. The summed E-state index contributed by atoms with van der Waals surface area (Å²) in [6.07, 6.45) is 1.78. The number of nitrogens with zero attached hydrogens (tertiary/aromatic N) is 3. The first kappa shape index (κ1) is 6.37. The van der Waals surface area contributed by atoms with Gasteiger partial charge in [0.2, 0.25) is 0 Å². The van der Waals surface area contributed by atoms with E-state index in [0.717, 1.165) is 22.1 Å². The number of thioether (sulfide) groups is 1. The average molecular weight is 175 g/mol. The van der Waals surface area contributed by atoms with Crippen LogP contribution in [0.1, 0.15) is 0 Å². The van der Waals surface area contributed by atoms with Crippen molar-refractivity contribution in [2.75, 3.05) is 5.88 Å². The molecule has 0 aromatic heterocycles. The molecule has 3 nitrogen and oxygen atoms in total. The summed E-state index contributed by atoms with van der Waals surface area (Å²) in [5.74, 6) is 0.833. The van der Waals surface area contributed by atoms with Gasteiger partial charge in [-0.05, 0) is 12.1 Å². The van der Waals surface area contributed by atoms with Crippen molar-refractivity contribution in [2.24, 2.45) is 15.2 Å². The first-order chi connectivity index (χ1) is 5.95. The highest BCUT2D eigenvalue weighted by molar-refractivity contribution is 7.99. The summed E-state index contributed by atoms with van der Waals surface area (Å²) in [6, 6.07) is 4.06. The number of rotatable bonds is 0. The van der Waals surface area contributed by atoms with Crippen molar-refractivity contribution in [1.29, 1.82) is 0 Å². The van der Waals surface area contributed by atoms with Crippen LogP contribution < -0.4 is 10.6 Å². The molecule has 0 radical (unpaired) electrons. The molecule has 2 aliphatic rings. The van der Waals surface area contributed by atoms with Gasteiger partial charge in [-0.25, -0.2) is 0 Å². The molecule has 0 atom stereocenters. The quantitative estimate of drug-likeness (QED) is 0.583. The molecule has 0 saturated heterocycles. The maximum absolute atomic E-state index is 4.38. The van der Waals surface area contributed by atoms with Crippen LogP contribution in [0.5, 0.6) is 0 Å². The van der Waals surface area contributed by atoms with Crippen LogP contribution in [0.4, 0.5) is 5.69 Å². The van der Waals surface area contributed by atoms with Crippen molar-refractivity contribution in [3.05, 3.63) is 22.7 Å². The fraction of sp³-hybridized carbons (Fsp3) is 0.125. The lowest BCUT2D eigenvalue weighted by Crippen LogP contribution is -2.23. The Labute approximate surface area is 72.9 Å². The molecule has 0 spiro atoms. The van der Waals surface area contributed by atoms with E-state index in [2.05, 4.69) is 21.3 Å². The van der Waals surface area contributed by atoms with Crippen LogP contribution in [0, 0.1) is 0 Å². The molecular weight excluding hydrogens is 170 g/mol. The van der Waals surface area contributed by atoms with Gasteiger partial charge in [-0.3, -0.25) is 4.99 Å². The average Bonchev–Trinajstić information content (AvgIpc) is 2.71. The fourth-order valence-electron chi connectivity index (χ4n) is 1.39. The van der Waals surface area contributed by atoms with Crippen molar-refractivity contribution in [2.45, 2.75) is 4.90 Å². The van der Waals surface area contributed by atoms with E-state index < -0.39 is 0 Å². The summed E-state index contributed by atoms with van der Waals surface area (Å²) < 4.78 is 0. The van der Waals surface area contributed by atoms with Gasteiger partial charge >= 0.3 is 0 Å². The number of azo groups is 1. The smallest absolute Gasteiger partial charge is 0.0967 e. The lowest BCUT2D eigenvalue weighted by Gasteiger charge is -1.91. The predicted octanol–water partition coefficient (Wildman–Crippen LogP) is 1.20. The first-order valence-electron chi connectivity index (χ1n) is 3.66. The summed E-state index contributed by atoms with van der Waals surface area (Å²) >= 11 is 1.76. The number of fused-ring (bicyclic) bond motifs is 3. The van der Waals surface area contributed by atoms with Crippen molar-refractivity contribution >= 4 is 23.6 Å². The van der Waals surface area contributed by atoms with E-state index in [1.165, 1.54) is 4.90 Å². The van der Waals surface area contributed by atoms with Gasteiger partial charge in [-0.15, -0.1) is 11.8 Å². The molecule has 0 N–H and O–H groups in total. The largest absolute Gasteiger partial charge is 0.272 e. The molecular formula is C8H5N3S. The minimum atomic E-state index is 0.833. The summed E-state index contributed by atoms with van der Waals surface area (Å²) in [4.78, 5) is 5.63. The van der Waals surface area contributed by atoms with Crippen LogP contribution in [0.25, 0.3) is 6.20 Å².